The van der Waals surface area contributed by atoms with Gasteiger partial charge in [-0.25, -0.2) is 17.5 Å². The van der Waals surface area contributed by atoms with Gasteiger partial charge in [0.1, 0.15) is 0 Å². The Morgan fingerprint density at radius 3 is 2.32 bits per heavy atom. The molecule has 2 aromatic rings. The minimum Gasteiger partial charge on any atom is -0.493 e. The fourth-order valence-corrected chi connectivity index (χ4v) is 4.92. The van der Waals surface area contributed by atoms with E-state index in [1.165, 1.54) is 30.7 Å². The standard InChI is InChI=1S/C22H29N3O5S/c1-24(31(27,28)19-9-10-20(29-2)21(15-19)30-3)16-17-11-13-25(14-12-17)22(26)23-18-7-5-4-6-8-18/h4-10,15,17H,11-14,16H2,1-3H3,(H,23,26). The highest BCUT2D eigenvalue weighted by molar-refractivity contribution is 7.89. The van der Waals surface area contributed by atoms with Crippen molar-refractivity contribution in [3.05, 3.63) is 48.5 Å². The molecule has 1 heterocycles. The van der Waals surface area contributed by atoms with E-state index in [4.69, 9.17) is 9.47 Å². The highest BCUT2D eigenvalue weighted by Gasteiger charge is 2.28. The maximum atomic E-state index is 13.0. The molecule has 168 valence electrons. The van der Waals surface area contributed by atoms with Crippen LogP contribution >= 0.6 is 0 Å². The van der Waals surface area contributed by atoms with Crippen LogP contribution in [0.5, 0.6) is 11.5 Å². The molecule has 0 unspecified atom stereocenters. The van der Waals surface area contributed by atoms with Gasteiger partial charge in [0.25, 0.3) is 0 Å². The molecule has 9 heteroatoms. The molecule has 1 N–H and O–H groups in total. The normalized spacial score (nSPS) is 15.0. The van der Waals surface area contributed by atoms with Crippen LogP contribution in [0.25, 0.3) is 0 Å². The van der Waals surface area contributed by atoms with Gasteiger partial charge in [0.15, 0.2) is 11.5 Å². The first-order valence-corrected chi connectivity index (χ1v) is 11.6. The van der Waals surface area contributed by atoms with Crippen molar-refractivity contribution in [1.82, 2.24) is 9.21 Å². The zero-order valence-corrected chi connectivity index (χ0v) is 18.9. The van der Waals surface area contributed by atoms with E-state index < -0.39 is 10.0 Å². The summed E-state index contributed by atoms with van der Waals surface area (Å²) in [6.45, 7) is 1.58. The Bertz CT molecular complexity index is 989. The van der Waals surface area contributed by atoms with Crippen LogP contribution in [0, 0.1) is 5.92 Å². The van der Waals surface area contributed by atoms with Crippen LogP contribution in [0.2, 0.25) is 0 Å². The molecule has 0 aliphatic carbocycles. The monoisotopic (exact) mass is 447 g/mol. The van der Waals surface area contributed by atoms with Gasteiger partial charge in [-0.05, 0) is 43.0 Å². The third-order valence-corrected chi connectivity index (χ3v) is 7.32. The number of rotatable bonds is 7. The predicted octanol–water partition coefficient (Wildman–Crippen LogP) is 3.27. The first-order valence-electron chi connectivity index (χ1n) is 10.1. The summed E-state index contributed by atoms with van der Waals surface area (Å²) in [6, 6.07) is 13.8. The summed E-state index contributed by atoms with van der Waals surface area (Å²) in [5.74, 6) is 1.03. The lowest BCUT2D eigenvalue weighted by Crippen LogP contribution is -2.43. The minimum atomic E-state index is -3.66. The van der Waals surface area contributed by atoms with Crippen LogP contribution in [-0.4, -0.2) is 64.6 Å². The number of amides is 2. The highest BCUT2D eigenvalue weighted by atomic mass is 32.2. The summed E-state index contributed by atoms with van der Waals surface area (Å²) < 4.78 is 37.8. The number of carbonyl (C=O) groups is 1. The number of hydrogen-bond acceptors (Lipinski definition) is 5. The third-order valence-electron chi connectivity index (χ3n) is 5.51. The van der Waals surface area contributed by atoms with Crippen LogP contribution in [0.4, 0.5) is 10.5 Å². The Hall–Kier alpha value is -2.78. The van der Waals surface area contributed by atoms with E-state index in [0.29, 0.717) is 31.1 Å². The number of para-hydroxylation sites is 1. The number of piperidine rings is 1. The largest absolute Gasteiger partial charge is 0.493 e. The maximum Gasteiger partial charge on any atom is 0.321 e. The number of methoxy groups -OCH3 is 2. The molecule has 1 fully saturated rings. The van der Waals surface area contributed by atoms with Gasteiger partial charge in [0, 0.05) is 38.4 Å². The van der Waals surface area contributed by atoms with Crippen molar-refractivity contribution < 1.29 is 22.7 Å². The van der Waals surface area contributed by atoms with E-state index in [9.17, 15) is 13.2 Å². The fourth-order valence-electron chi connectivity index (χ4n) is 3.66. The molecule has 0 saturated carbocycles. The SMILES string of the molecule is COc1ccc(S(=O)(=O)N(C)CC2CCN(C(=O)Nc3ccccc3)CC2)cc1OC. The summed E-state index contributed by atoms with van der Waals surface area (Å²) >= 11 is 0. The molecule has 2 amide bonds. The second-order valence-electron chi connectivity index (χ2n) is 7.53. The molecule has 1 aliphatic heterocycles. The van der Waals surface area contributed by atoms with Crippen LogP contribution in [0.3, 0.4) is 0 Å². The summed E-state index contributed by atoms with van der Waals surface area (Å²) in [5, 5.41) is 2.89. The highest BCUT2D eigenvalue weighted by Crippen LogP contribution is 2.31. The van der Waals surface area contributed by atoms with Gasteiger partial charge in [-0.1, -0.05) is 18.2 Å². The number of hydrogen-bond donors (Lipinski definition) is 1. The molecule has 31 heavy (non-hydrogen) atoms. The third kappa shape index (κ3) is 5.48. The van der Waals surface area contributed by atoms with E-state index in [0.717, 1.165) is 18.5 Å². The molecular formula is C22H29N3O5S. The van der Waals surface area contributed by atoms with E-state index in [1.54, 1.807) is 18.0 Å². The number of benzene rings is 2. The summed E-state index contributed by atoms with van der Waals surface area (Å²) in [7, 11) is 0.899. The van der Waals surface area contributed by atoms with Gasteiger partial charge in [0.2, 0.25) is 10.0 Å². The predicted molar refractivity (Wildman–Crippen MR) is 119 cm³/mol. The number of nitrogens with zero attached hydrogens (tertiary/aromatic N) is 2. The Morgan fingerprint density at radius 1 is 1.06 bits per heavy atom. The van der Waals surface area contributed by atoms with Crippen LogP contribution in [0.15, 0.2) is 53.4 Å². The molecule has 1 saturated heterocycles. The lowest BCUT2D eigenvalue weighted by molar-refractivity contribution is 0.176. The van der Waals surface area contributed by atoms with Gasteiger partial charge in [-0.2, -0.15) is 0 Å². The molecule has 2 aromatic carbocycles. The molecular weight excluding hydrogens is 418 g/mol. The Labute approximate surface area is 183 Å². The summed E-state index contributed by atoms with van der Waals surface area (Å²) in [4.78, 5) is 14.4. The lowest BCUT2D eigenvalue weighted by Gasteiger charge is -2.33. The molecule has 0 atom stereocenters. The van der Waals surface area contributed by atoms with Crippen LogP contribution in [0.1, 0.15) is 12.8 Å². The van der Waals surface area contributed by atoms with E-state index in [2.05, 4.69) is 5.32 Å². The van der Waals surface area contributed by atoms with Gasteiger partial charge < -0.3 is 19.7 Å². The van der Waals surface area contributed by atoms with Crippen molar-refractivity contribution in [3.8, 4) is 11.5 Å². The van der Waals surface area contributed by atoms with Crippen molar-refractivity contribution in [2.45, 2.75) is 17.7 Å². The fraction of sp³-hybridized carbons (Fsp3) is 0.409. The zero-order valence-electron chi connectivity index (χ0n) is 18.1. The summed E-state index contributed by atoms with van der Waals surface area (Å²) in [6.07, 6.45) is 1.49. The Balaban J connectivity index is 1.56. The molecule has 8 nitrogen and oxygen atoms in total. The molecule has 0 bridgehead atoms. The molecule has 0 radical (unpaired) electrons. The summed E-state index contributed by atoms with van der Waals surface area (Å²) in [5.41, 5.74) is 0.760. The first-order chi connectivity index (χ1) is 14.8. The zero-order chi connectivity index (χ0) is 22.4. The van der Waals surface area contributed by atoms with Crippen LogP contribution < -0.4 is 14.8 Å². The van der Waals surface area contributed by atoms with Gasteiger partial charge in [-0.15, -0.1) is 0 Å². The van der Waals surface area contributed by atoms with Crippen molar-refractivity contribution in [3.63, 3.8) is 0 Å². The van der Waals surface area contributed by atoms with Crippen molar-refractivity contribution >= 4 is 21.7 Å². The number of nitrogens with one attached hydrogen (secondary N) is 1. The Kier molecular flexibility index (Phi) is 7.40. The topological polar surface area (TPSA) is 88.2 Å². The number of ether oxygens (including phenoxy) is 2. The molecule has 0 aromatic heterocycles. The number of sulfonamides is 1. The lowest BCUT2D eigenvalue weighted by atomic mass is 9.97. The van der Waals surface area contributed by atoms with Crippen molar-refractivity contribution in [1.29, 1.82) is 0 Å². The average Bonchev–Trinajstić information content (AvgIpc) is 2.79. The van der Waals surface area contributed by atoms with Gasteiger partial charge >= 0.3 is 6.03 Å². The second kappa shape index (κ2) is 10.0. The average molecular weight is 448 g/mol. The number of anilines is 1. The quantitative estimate of drug-likeness (QED) is 0.704. The van der Waals surface area contributed by atoms with Gasteiger partial charge in [0.05, 0.1) is 19.1 Å². The van der Waals surface area contributed by atoms with E-state index in [1.807, 2.05) is 30.3 Å². The maximum absolute atomic E-state index is 13.0. The van der Waals surface area contributed by atoms with Crippen molar-refractivity contribution in [2.75, 3.05) is 46.2 Å². The number of carbonyl (C=O) groups excluding carboxylic acids is 1. The molecule has 0 spiro atoms. The number of urea groups is 1. The number of likely N-dealkylation sites (tertiary alicyclic amines) is 1. The van der Waals surface area contributed by atoms with E-state index in [-0.39, 0.29) is 16.8 Å². The molecule has 1 aliphatic rings. The minimum absolute atomic E-state index is 0.129. The van der Waals surface area contributed by atoms with Gasteiger partial charge in [-0.3, -0.25) is 0 Å². The smallest absolute Gasteiger partial charge is 0.321 e. The second-order valence-corrected chi connectivity index (χ2v) is 9.57. The van der Waals surface area contributed by atoms with E-state index >= 15 is 0 Å². The first kappa shape index (κ1) is 22.9. The Morgan fingerprint density at radius 2 is 1.71 bits per heavy atom. The molecule has 3 rings (SSSR count). The van der Waals surface area contributed by atoms with Crippen LogP contribution in [-0.2, 0) is 10.0 Å². The van der Waals surface area contributed by atoms with Crippen molar-refractivity contribution in [2.24, 2.45) is 5.92 Å².